The molecule has 1 fully saturated rings. The molecule has 35 heavy (non-hydrogen) atoms. The van der Waals surface area contributed by atoms with Crippen LogP contribution in [0.5, 0.6) is 0 Å². The van der Waals surface area contributed by atoms with Crippen LogP contribution in [-0.2, 0) is 16.1 Å². The van der Waals surface area contributed by atoms with Crippen LogP contribution in [0.1, 0.15) is 47.2 Å². The number of amides is 2. The van der Waals surface area contributed by atoms with Crippen molar-refractivity contribution in [3.8, 4) is 0 Å². The zero-order valence-corrected chi connectivity index (χ0v) is 20.8. The van der Waals surface area contributed by atoms with Gasteiger partial charge in [0.15, 0.2) is 5.78 Å². The van der Waals surface area contributed by atoms with E-state index in [9.17, 15) is 14.4 Å². The molecule has 1 aliphatic rings. The van der Waals surface area contributed by atoms with E-state index in [-0.39, 0.29) is 24.3 Å². The highest BCUT2D eigenvalue weighted by Gasteiger charge is 2.33. The second-order valence-corrected chi connectivity index (χ2v) is 9.49. The first-order valence-electron chi connectivity index (χ1n) is 11.7. The van der Waals surface area contributed by atoms with Crippen molar-refractivity contribution in [2.24, 2.45) is 5.92 Å². The Morgan fingerprint density at radius 1 is 0.886 bits per heavy atom. The van der Waals surface area contributed by atoms with Crippen molar-refractivity contribution in [1.82, 2.24) is 5.32 Å². The number of benzene rings is 3. The highest BCUT2D eigenvalue weighted by atomic mass is 79.9. The first kappa shape index (κ1) is 24.7. The van der Waals surface area contributed by atoms with Gasteiger partial charge >= 0.3 is 6.09 Å². The monoisotopic (exact) mass is 534 g/mol. The summed E-state index contributed by atoms with van der Waals surface area (Å²) >= 11 is 3.42. The Hall–Kier alpha value is -3.45. The predicted molar refractivity (Wildman–Crippen MR) is 138 cm³/mol. The van der Waals surface area contributed by atoms with Crippen molar-refractivity contribution < 1.29 is 19.1 Å². The van der Waals surface area contributed by atoms with Crippen LogP contribution in [0.4, 0.5) is 10.5 Å². The lowest BCUT2D eigenvalue weighted by atomic mass is 9.83. The van der Waals surface area contributed by atoms with Crippen molar-refractivity contribution in [1.29, 1.82) is 0 Å². The van der Waals surface area contributed by atoms with Gasteiger partial charge in [-0.1, -0.05) is 89.4 Å². The molecule has 3 aromatic rings. The SMILES string of the molecule is O=C(N[C@H]1CCCC[C@H]1C(=O)Nc1ccc(Br)cc1C(=O)c1ccccc1)OCc1ccccc1. The number of carbonyl (C=O) groups excluding carboxylic acids is 3. The van der Waals surface area contributed by atoms with Gasteiger partial charge in [-0.25, -0.2) is 4.79 Å². The number of ether oxygens (including phenoxy) is 1. The molecule has 0 radical (unpaired) electrons. The van der Waals surface area contributed by atoms with E-state index in [4.69, 9.17) is 4.74 Å². The number of nitrogens with one attached hydrogen (secondary N) is 2. The maximum absolute atomic E-state index is 13.3. The second-order valence-electron chi connectivity index (χ2n) is 8.58. The summed E-state index contributed by atoms with van der Waals surface area (Å²) in [7, 11) is 0. The molecule has 0 bridgehead atoms. The Bertz CT molecular complexity index is 1180. The molecular weight excluding hydrogens is 508 g/mol. The molecule has 2 N–H and O–H groups in total. The Balaban J connectivity index is 1.44. The molecule has 3 aromatic carbocycles. The van der Waals surface area contributed by atoms with Crippen molar-refractivity contribution in [3.05, 3.63) is 100 Å². The Kier molecular flexibility index (Phi) is 8.32. The van der Waals surface area contributed by atoms with E-state index >= 15 is 0 Å². The number of rotatable bonds is 7. The minimum absolute atomic E-state index is 0.167. The van der Waals surface area contributed by atoms with Gasteiger partial charge in [-0.2, -0.15) is 0 Å². The first-order chi connectivity index (χ1) is 17.0. The Morgan fingerprint density at radius 2 is 1.57 bits per heavy atom. The van der Waals surface area contributed by atoms with E-state index in [0.717, 1.165) is 22.9 Å². The molecule has 180 valence electrons. The van der Waals surface area contributed by atoms with Crippen LogP contribution < -0.4 is 10.6 Å². The van der Waals surface area contributed by atoms with E-state index in [0.29, 0.717) is 29.7 Å². The van der Waals surface area contributed by atoms with Gasteiger partial charge < -0.3 is 15.4 Å². The zero-order valence-electron chi connectivity index (χ0n) is 19.2. The number of halogens is 1. The smallest absolute Gasteiger partial charge is 0.407 e. The molecule has 0 spiro atoms. The lowest BCUT2D eigenvalue weighted by Gasteiger charge is -2.31. The molecule has 2 atom stereocenters. The first-order valence-corrected chi connectivity index (χ1v) is 12.5. The number of hydrogen-bond acceptors (Lipinski definition) is 4. The second kappa shape index (κ2) is 11.8. The summed E-state index contributed by atoms with van der Waals surface area (Å²) in [6.07, 6.45) is 2.61. The molecule has 0 heterocycles. The molecule has 0 unspecified atom stereocenters. The van der Waals surface area contributed by atoms with E-state index in [2.05, 4.69) is 26.6 Å². The maximum atomic E-state index is 13.3. The largest absolute Gasteiger partial charge is 0.445 e. The average Bonchev–Trinajstić information content (AvgIpc) is 2.89. The van der Waals surface area contributed by atoms with Gasteiger partial charge in [-0.15, -0.1) is 0 Å². The molecule has 2 amide bonds. The number of ketones is 1. The molecule has 1 aliphatic carbocycles. The van der Waals surface area contributed by atoms with Crippen molar-refractivity contribution in [3.63, 3.8) is 0 Å². The fraction of sp³-hybridized carbons (Fsp3) is 0.250. The van der Waals surface area contributed by atoms with Gasteiger partial charge in [0.1, 0.15) is 6.61 Å². The fourth-order valence-corrected chi connectivity index (χ4v) is 4.68. The minimum Gasteiger partial charge on any atom is -0.445 e. The third-order valence-electron chi connectivity index (χ3n) is 6.14. The van der Waals surface area contributed by atoms with Gasteiger partial charge in [-0.05, 0) is 36.6 Å². The van der Waals surface area contributed by atoms with Gasteiger partial charge in [0.25, 0.3) is 0 Å². The minimum atomic E-state index is -0.540. The summed E-state index contributed by atoms with van der Waals surface area (Å²) in [6.45, 7) is 0.167. The summed E-state index contributed by atoms with van der Waals surface area (Å²) in [5.74, 6) is -0.816. The van der Waals surface area contributed by atoms with Gasteiger partial charge in [0, 0.05) is 21.6 Å². The van der Waals surface area contributed by atoms with Crippen LogP contribution in [0.2, 0.25) is 0 Å². The van der Waals surface area contributed by atoms with Crippen LogP contribution in [0, 0.1) is 5.92 Å². The summed E-state index contributed by atoms with van der Waals surface area (Å²) in [5, 5.41) is 5.83. The van der Waals surface area contributed by atoms with Crippen LogP contribution >= 0.6 is 15.9 Å². The van der Waals surface area contributed by atoms with Gasteiger partial charge in [0.2, 0.25) is 5.91 Å². The maximum Gasteiger partial charge on any atom is 0.407 e. The van der Waals surface area contributed by atoms with Gasteiger partial charge in [0.05, 0.1) is 11.6 Å². The highest BCUT2D eigenvalue weighted by molar-refractivity contribution is 9.10. The van der Waals surface area contributed by atoms with E-state index in [1.807, 2.05) is 36.4 Å². The van der Waals surface area contributed by atoms with Crippen LogP contribution in [-0.4, -0.2) is 23.8 Å². The van der Waals surface area contributed by atoms with Crippen molar-refractivity contribution in [2.45, 2.75) is 38.3 Å². The average molecular weight is 535 g/mol. The van der Waals surface area contributed by atoms with Crippen LogP contribution in [0.25, 0.3) is 0 Å². The lowest BCUT2D eigenvalue weighted by molar-refractivity contribution is -0.121. The zero-order chi connectivity index (χ0) is 24.6. The number of alkyl carbamates (subject to hydrolysis) is 1. The van der Waals surface area contributed by atoms with E-state index in [1.165, 1.54) is 0 Å². The number of anilines is 1. The number of carbonyl (C=O) groups is 3. The molecule has 7 heteroatoms. The van der Waals surface area contributed by atoms with Crippen molar-refractivity contribution >= 4 is 39.4 Å². The molecule has 1 saturated carbocycles. The molecular formula is C28H27BrN2O4. The van der Waals surface area contributed by atoms with Crippen LogP contribution in [0.3, 0.4) is 0 Å². The van der Waals surface area contributed by atoms with Crippen molar-refractivity contribution in [2.75, 3.05) is 5.32 Å². The van der Waals surface area contributed by atoms with E-state index in [1.54, 1.807) is 42.5 Å². The predicted octanol–water partition coefficient (Wildman–Crippen LogP) is 6.10. The Morgan fingerprint density at radius 3 is 2.31 bits per heavy atom. The van der Waals surface area contributed by atoms with E-state index < -0.39 is 12.0 Å². The summed E-state index contributed by atoms with van der Waals surface area (Å²) in [5.41, 5.74) is 2.29. The lowest BCUT2D eigenvalue weighted by Crippen LogP contribution is -2.46. The summed E-state index contributed by atoms with van der Waals surface area (Å²) < 4.78 is 6.10. The summed E-state index contributed by atoms with van der Waals surface area (Å²) in [6, 6.07) is 23.3. The molecule has 0 aliphatic heterocycles. The standard InChI is InChI=1S/C28H27BrN2O4/c29-21-15-16-25(23(17-21)26(32)20-11-5-2-6-12-20)30-27(33)22-13-7-8-14-24(22)31-28(34)35-18-19-9-3-1-4-10-19/h1-6,9-12,15-17,22,24H,7-8,13-14,18H2,(H,30,33)(H,31,34)/t22-,24+/m1/s1. The summed E-state index contributed by atoms with van der Waals surface area (Å²) in [4.78, 5) is 38.9. The highest BCUT2D eigenvalue weighted by Crippen LogP contribution is 2.29. The molecule has 4 rings (SSSR count). The normalized spacial score (nSPS) is 17.3. The quantitative estimate of drug-likeness (QED) is 0.358. The van der Waals surface area contributed by atoms with Gasteiger partial charge in [-0.3, -0.25) is 9.59 Å². The third-order valence-corrected chi connectivity index (χ3v) is 6.63. The molecule has 0 saturated heterocycles. The Labute approximate surface area is 213 Å². The topological polar surface area (TPSA) is 84.5 Å². The molecule has 0 aromatic heterocycles. The third kappa shape index (κ3) is 6.57. The molecule has 6 nitrogen and oxygen atoms in total. The van der Waals surface area contributed by atoms with Crippen LogP contribution in [0.15, 0.2) is 83.3 Å². The fourth-order valence-electron chi connectivity index (χ4n) is 4.32. The number of hydrogen-bond donors (Lipinski definition) is 2.